The van der Waals surface area contributed by atoms with Gasteiger partial charge in [-0.25, -0.2) is 4.79 Å². The van der Waals surface area contributed by atoms with E-state index < -0.39 is 0 Å². The Morgan fingerprint density at radius 1 is 1.58 bits per heavy atom. The van der Waals surface area contributed by atoms with E-state index in [0.717, 1.165) is 12.1 Å². The van der Waals surface area contributed by atoms with Gasteiger partial charge in [0.2, 0.25) is 0 Å². The third-order valence-corrected chi connectivity index (χ3v) is 3.37. The number of ether oxygens (including phenoxy) is 1. The van der Waals surface area contributed by atoms with Crippen LogP contribution in [0.4, 0.5) is 0 Å². The first-order valence-corrected chi connectivity index (χ1v) is 6.51. The Kier molecular flexibility index (Phi) is 5.50. The third kappa shape index (κ3) is 3.78. The second-order valence-electron chi connectivity index (χ2n) is 4.77. The first kappa shape index (κ1) is 15.7. The van der Waals surface area contributed by atoms with Crippen LogP contribution in [0.25, 0.3) is 0 Å². The van der Waals surface area contributed by atoms with Gasteiger partial charge in [0, 0.05) is 19.1 Å². The third-order valence-electron chi connectivity index (χ3n) is 3.37. The molecule has 0 aliphatic heterocycles. The first-order valence-electron chi connectivity index (χ1n) is 6.51. The Labute approximate surface area is 113 Å². The van der Waals surface area contributed by atoms with Crippen molar-refractivity contribution < 1.29 is 14.6 Å². The van der Waals surface area contributed by atoms with Crippen molar-refractivity contribution in [2.75, 3.05) is 13.2 Å². The van der Waals surface area contributed by atoms with E-state index in [9.17, 15) is 9.90 Å². The molecule has 6 heteroatoms. The Morgan fingerprint density at radius 3 is 2.79 bits per heavy atom. The highest BCUT2D eigenvalue weighted by molar-refractivity contribution is 5.90. The predicted molar refractivity (Wildman–Crippen MR) is 71.8 cm³/mol. The maximum atomic E-state index is 11.8. The number of aromatic nitrogens is 2. The van der Waals surface area contributed by atoms with Gasteiger partial charge in [-0.3, -0.25) is 4.68 Å². The van der Waals surface area contributed by atoms with Gasteiger partial charge in [0.15, 0.2) is 0 Å². The Hall–Kier alpha value is -1.40. The topological polar surface area (TPSA) is 76.4 Å². The number of carbonyl (C=O) groups excluding carboxylic acids is 1. The van der Waals surface area contributed by atoms with E-state index in [1.54, 1.807) is 18.7 Å². The van der Waals surface area contributed by atoms with E-state index in [1.165, 1.54) is 6.20 Å². The SMILES string of the molecule is CCOC(=O)c1cnn(C)c1CNC(C)(CC)CO. The number of nitrogens with zero attached hydrogens (tertiary/aromatic N) is 2. The van der Waals surface area contributed by atoms with Crippen LogP contribution in [-0.4, -0.2) is 39.6 Å². The summed E-state index contributed by atoms with van der Waals surface area (Å²) in [7, 11) is 1.78. The maximum Gasteiger partial charge on any atom is 0.341 e. The lowest BCUT2D eigenvalue weighted by Crippen LogP contribution is -2.45. The van der Waals surface area contributed by atoms with Crippen LogP contribution in [0, 0.1) is 0 Å². The molecule has 0 aliphatic carbocycles. The lowest BCUT2D eigenvalue weighted by Gasteiger charge is -2.27. The molecule has 0 bridgehead atoms. The summed E-state index contributed by atoms with van der Waals surface area (Å²) in [5.41, 5.74) is 0.857. The molecule has 0 fully saturated rings. The van der Waals surface area contributed by atoms with Gasteiger partial charge < -0.3 is 15.2 Å². The van der Waals surface area contributed by atoms with Crippen molar-refractivity contribution in [1.82, 2.24) is 15.1 Å². The molecule has 108 valence electrons. The van der Waals surface area contributed by atoms with E-state index >= 15 is 0 Å². The zero-order valence-corrected chi connectivity index (χ0v) is 12.1. The number of hydrogen-bond donors (Lipinski definition) is 2. The molecule has 6 nitrogen and oxygen atoms in total. The lowest BCUT2D eigenvalue weighted by atomic mass is 10.00. The quantitative estimate of drug-likeness (QED) is 0.718. The second kappa shape index (κ2) is 6.68. The number of aliphatic hydroxyl groups excluding tert-OH is 1. The molecule has 0 spiro atoms. The van der Waals surface area contributed by atoms with Crippen LogP contribution in [0.5, 0.6) is 0 Å². The maximum absolute atomic E-state index is 11.8. The number of hydrogen-bond acceptors (Lipinski definition) is 5. The molecule has 0 aromatic carbocycles. The number of aryl methyl sites for hydroxylation is 1. The molecule has 0 radical (unpaired) electrons. The molecule has 1 rings (SSSR count). The number of nitrogens with one attached hydrogen (secondary N) is 1. The van der Waals surface area contributed by atoms with Gasteiger partial charge in [-0.05, 0) is 20.3 Å². The van der Waals surface area contributed by atoms with Crippen LogP contribution in [0.3, 0.4) is 0 Å². The van der Waals surface area contributed by atoms with Gasteiger partial charge in [0.05, 0.1) is 25.1 Å². The van der Waals surface area contributed by atoms with Crippen LogP contribution >= 0.6 is 0 Å². The minimum atomic E-state index is -0.366. The largest absolute Gasteiger partial charge is 0.462 e. The second-order valence-corrected chi connectivity index (χ2v) is 4.77. The standard InChI is InChI=1S/C13H23N3O3/c1-5-13(3,9-17)14-8-11-10(7-15-16(11)4)12(18)19-6-2/h7,14,17H,5-6,8-9H2,1-4H3. The van der Waals surface area contributed by atoms with Crippen molar-refractivity contribution in [2.45, 2.75) is 39.3 Å². The molecule has 1 heterocycles. The van der Waals surface area contributed by atoms with Gasteiger partial charge in [-0.1, -0.05) is 6.92 Å². The molecule has 0 amide bonds. The normalized spacial score (nSPS) is 14.2. The average molecular weight is 269 g/mol. The highest BCUT2D eigenvalue weighted by Gasteiger charge is 2.23. The predicted octanol–water partition coefficient (Wildman–Crippen LogP) is 0.847. The summed E-state index contributed by atoms with van der Waals surface area (Å²) >= 11 is 0. The van der Waals surface area contributed by atoms with Gasteiger partial charge >= 0.3 is 5.97 Å². The van der Waals surface area contributed by atoms with Crippen molar-refractivity contribution >= 4 is 5.97 Å². The molecular weight excluding hydrogens is 246 g/mol. The van der Waals surface area contributed by atoms with Crippen molar-refractivity contribution in [3.63, 3.8) is 0 Å². The van der Waals surface area contributed by atoms with Gasteiger partial charge in [0.1, 0.15) is 5.56 Å². The molecule has 0 aliphatic rings. The van der Waals surface area contributed by atoms with Crippen LogP contribution in [0.15, 0.2) is 6.20 Å². The van der Waals surface area contributed by atoms with Gasteiger partial charge in [-0.15, -0.1) is 0 Å². The Bertz CT molecular complexity index is 425. The Balaban J connectivity index is 2.83. The van der Waals surface area contributed by atoms with E-state index in [2.05, 4.69) is 10.4 Å². The van der Waals surface area contributed by atoms with Crippen LogP contribution in [-0.2, 0) is 18.3 Å². The minimum Gasteiger partial charge on any atom is -0.462 e. The van der Waals surface area contributed by atoms with Gasteiger partial charge in [0.25, 0.3) is 0 Å². The molecule has 0 saturated heterocycles. The van der Waals surface area contributed by atoms with E-state index in [4.69, 9.17) is 4.74 Å². The molecule has 1 aromatic heterocycles. The summed E-state index contributed by atoms with van der Waals surface area (Å²) in [6.07, 6.45) is 2.30. The first-order chi connectivity index (χ1) is 8.97. The highest BCUT2D eigenvalue weighted by atomic mass is 16.5. The molecule has 0 saturated carbocycles. The average Bonchev–Trinajstić information content (AvgIpc) is 2.78. The molecule has 1 atom stereocenters. The smallest absolute Gasteiger partial charge is 0.341 e. The zero-order valence-electron chi connectivity index (χ0n) is 12.1. The van der Waals surface area contributed by atoms with Crippen molar-refractivity contribution in [1.29, 1.82) is 0 Å². The van der Waals surface area contributed by atoms with Gasteiger partial charge in [-0.2, -0.15) is 5.10 Å². The summed E-state index contributed by atoms with van der Waals surface area (Å²) in [4.78, 5) is 11.8. The Morgan fingerprint density at radius 2 is 2.26 bits per heavy atom. The fourth-order valence-electron chi connectivity index (χ4n) is 1.64. The summed E-state index contributed by atoms with van der Waals surface area (Å²) in [5, 5.41) is 16.7. The molecule has 19 heavy (non-hydrogen) atoms. The minimum absolute atomic E-state index is 0.0378. The number of carbonyl (C=O) groups is 1. The van der Waals surface area contributed by atoms with Crippen molar-refractivity contribution in [3.05, 3.63) is 17.5 Å². The number of esters is 1. The monoisotopic (exact) mass is 269 g/mol. The molecule has 2 N–H and O–H groups in total. The lowest BCUT2D eigenvalue weighted by molar-refractivity contribution is 0.0524. The van der Waals surface area contributed by atoms with E-state index in [-0.39, 0.29) is 18.1 Å². The fraction of sp³-hybridized carbons (Fsp3) is 0.692. The van der Waals surface area contributed by atoms with E-state index in [0.29, 0.717) is 18.7 Å². The summed E-state index contributed by atoms with van der Waals surface area (Å²) in [5.74, 6) is -0.366. The van der Waals surface area contributed by atoms with Crippen LogP contribution < -0.4 is 5.32 Å². The molecule has 1 aromatic rings. The summed E-state index contributed by atoms with van der Waals surface area (Å²) in [6, 6.07) is 0. The van der Waals surface area contributed by atoms with E-state index in [1.807, 2.05) is 13.8 Å². The molecular formula is C13H23N3O3. The number of aliphatic hydroxyl groups is 1. The summed E-state index contributed by atoms with van der Waals surface area (Å²) < 4.78 is 6.64. The number of rotatable bonds is 7. The van der Waals surface area contributed by atoms with Crippen molar-refractivity contribution in [2.24, 2.45) is 7.05 Å². The fourth-order valence-corrected chi connectivity index (χ4v) is 1.64. The summed E-state index contributed by atoms with van der Waals surface area (Å²) in [6.45, 7) is 6.54. The van der Waals surface area contributed by atoms with Crippen LogP contribution in [0.1, 0.15) is 43.2 Å². The molecule has 1 unspecified atom stereocenters. The van der Waals surface area contributed by atoms with Crippen molar-refractivity contribution in [3.8, 4) is 0 Å². The van der Waals surface area contributed by atoms with Crippen LogP contribution in [0.2, 0.25) is 0 Å². The zero-order chi connectivity index (χ0) is 14.5. The highest BCUT2D eigenvalue weighted by Crippen LogP contribution is 2.13.